The fraction of sp³-hybridized carbons (Fsp3) is 0.190. The Morgan fingerprint density at radius 1 is 1.23 bits per heavy atom. The van der Waals surface area contributed by atoms with E-state index in [1.807, 2.05) is 13.0 Å². The molecule has 1 N–H and O–H groups in total. The van der Waals surface area contributed by atoms with Crippen LogP contribution in [0.3, 0.4) is 0 Å². The summed E-state index contributed by atoms with van der Waals surface area (Å²) >= 11 is 12.7. The number of rotatable bonds is 7. The van der Waals surface area contributed by atoms with Crippen LogP contribution in [0.4, 0.5) is 5.69 Å². The second kappa shape index (κ2) is 11.2. The van der Waals surface area contributed by atoms with Crippen molar-refractivity contribution in [2.75, 3.05) is 18.5 Å². The number of nitriles is 1. The molecule has 156 valence electrons. The number of carbonyl (C=O) groups is 2. The maximum atomic E-state index is 12.5. The molecule has 9 heteroatoms. The summed E-state index contributed by atoms with van der Waals surface area (Å²) in [5.74, 6) is -0.643. The maximum absolute atomic E-state index is 12.5. The maximum Gasteiger partial charge on any atom is 0.344 e. The van der Waals surface area contributed by atoms with Gasteiger partial charge in [-0.15, -0.1) is 0 Å². The van der Waals surface area contributed by atoms with Gasteiger partial charge in [0.2, 0.25) is 0 Å². The minimum atomic E-state index is -0.558. The molecule has 0 unspecified atom stereocenters. The van der Waals surface area contributed by atoms with Crippen molar-refractivity contribution in [2.24, 2.45) is 0 Å². The Morgan fingerprint density at radius 3 is 2.50 bits per heavy atom. The Hall–Kier alpha value is -2.34. The van der Waals surface area contributed by atoms with Gasteiger partial charge < -0.3 is 14.8 Å². The van der Waals surface area contributed by atoms with Crippen molar-refractivity contribution >= 4 is 67.1 Å². The summed E-state index contributed by atoms with van der Waals surface area (Å²) in [5, 5.41) is 12.6. The van der Waals surface area contributed by atoms with Gasteiger partial charge in [-0.05, 0) is 87.2 Å². The largest absolute Gasteiger partial charge is 0.480 e. The lowest BCUT2D eigenvalue weighted by molar-refractivity contribution is -0.145. The first-order valence-electron chi connectivity index (χ1n) is 8.72. The molecule has 6 nitrogen and oxygen atoms in total. The summed E-state index contributed by atoms with van der Waals surface area (Å²) in [6, 6.07) is 10.3. The van der Waals surface area contributed by atoms with Crippen LogP contribution >= 0.6 is 43.5 Å². The van der Waals surface area contributed by atoms with Crippen LogP contribution in [0.25, 0.3) is 6.08 Å². The summed E-state index contributed by atoms with van der Waals surface area (Å²) in [4.78, 5) is 24.0. The lowest BCUT2D eigenvalue weighted by Gasteiger charge is -2.11. The molecule has 30 heavy (non-hydrogen) atoms. The fourth-order valence-corrected chi connectivity index (χ4v) is 3.99. The number of hydrogen-bond donors (Lipinski definition) is 1. The van der Waals surface area contributed by atoms with E-state index in [0.29, 0.717) is 31.0 Å². The van der Waals surface area contributed by atoms with Gasteiger partial charge >= 0.3 is 5.97 Å². The minimum Gasteiger partial charge on any atom is -0.480 e. The van der Waals surface area contributed by atoms with E-state index in [2.05, 4.69) is 37.2 Å². The van der Waals surface area contributed by atoms with Gasteiger partial charge in [0.05, 0.1) is 15.6 Å². The molecule has 2 aromatic carbocycles. The number of halogens is 3. The number of anilines is 1. The Labute approximate surface area is 196 Å². The fourth-order valence-electron chi connectivity index (χ4n) is 2.37. The molecule has 2 aromatic rings. The van der Waals surface area contributed by atoms with Gasteiger partial charge in [-0.2, -0.15) is 5.26 Å². The number of aryl methyl sites for hydroxylation is 1. The SMILES string of the molecule is CCOC(=O)COc1c(Br)cc(/C=C(\C#N)C(=O)Nc2cc(Cl)ccc2C)cc1Br. The van der Waals surface area contributed by atoms with E-state index >= 15 is 0 Å². The van der Waals surface area contributed by atoms with Crippen molar-refractivity contribution in [1.29, 1.82) is 5.26 Å². The zero-order chi connectivity index (χ0) is 22.3. The molecular formula is C21H17Br2ClN2O4. The Balaban J connectivity index is 2.22. The third-order valence-electron chi connectivity index (χ3n) is 3.78. The Morgan fingerprint density at radius 2 is 1.90 bits per heavy atom. The van der Waals surface area contributed by atoms with E-state index in [0.717, 1.165) is 5.56 Å². The summed E-state index contributed by atoms with van der Waals surface area (Å²) in [6.45, 7) is 3.56. The van der Waals surface area contributed by atoms with E-state index < -0.39 is 11.9 Å². The first kappa shape index (κ1) is 23.9. The number of hydrogen-bond acceptors (Lipinski definition) is 5. The average Bonchev–Trinajstić information content (AvgIpc) is 2.68. The molecule has 0 saturated heterocycles. The highest BCUT2D eigenvalue weighted by Gasteiger charge is 2.14. The Kier molecular flexibility index (Phi) is 8.90. The number of benzene rings is 2. The third kappa shape index (κ3) is 6.59. The topological polar surface area (TPSA) is 88.4 Å². The van der Waals surface area contributed by atoms with Crippen LogP contribution < -0.4 is 10.1 Å². The monoisotopic (exact) mass is 554 g/mol. The van der Waals surface area contributed by atoms with Crippen LogP contribution in [0.2, 0.25) is 5.02 Å². The molecule has 0 atom stereocenters. The molecule has 0 radical (unpaired) electrons. The summed E-state index contributed by atoms with van der Waals surface area (Å²) < 4.78 is 11.4. The van der Waals surface area contributed by atoms with Crippen molar-refractivity contribution in [3.63, 3.8) is 0 Å². The third-order valence-corrected chi connectivity index (χ3v) is 5.20. The molecule has 0 aliphatic heterocycles. The number of carbonyl (C=O) groups excluding carboxylic acids is 2. The number of ether oxygens (including phenoxy) is 2. The molecule has 0 aromatic heterocycles. The smallest absolute Gasteiger partial charge is 0.344 e. The molecule has 0 saturated carbocycles. The van der Waals surface area contributed by atoms with Crippen LogP contribution in [0.15, 0.2) is 44.9 Å². The number of nitrogens with one attached hydrogen (secondary N) is 1. The summed E-state index contributed by atoms with van der Waals surface area (Å²) in [5.41, 5.74) is 1.83. The van der Waals surface area contributed by atoms with Crippen molar-refractivity contribution < 1.29 is 19.1 Å². The molecule has 0 spiro atoms. The average molecular weight is 557 g/mol. The van der Waals surface area contributed by atoms with Crippen LogP contribution in [0, 0.1) is 18.3 Å². The normalized spacial score (nSPS) is 10.9. The number of esters is 1. The van der Waals surface area contributed by atoms with E-state index in [-0.39, 0.29) is 18.8 Å². The zero-order valence-corrected chi connectivity index (χ0v) is 20.0. The van der Waals surface area contributed by atoms with E-state index in [4.69, 9.17) is 21.1 Å². The molecule has 0 aliphatic carbocycles. The predicted molar refractivity (Wildman–Crippen MR) is 122 cm³/mol. The molecule has 0 heterocycles. The highest BCUT2D eigenvalue weighted by Crippen LogP contribution is 2.35. The number of nitrogens with zero attached hydrogens (tertiary/aromatic N) is 1. The van der Waals surface area contributed by atoms with Crippen molar-refractivity contribution in [3.8, 4) is 11.8 Å². The van der Waals surface area contributed by atoms with Gasteiger partial charge in [0, 0.05) is 10.7 Å². The van der Waals surface area contributed by atoms with Crippen LogP contribution in [0.1, 0.15) is 18.1 Å². The zero-order valence-electron chi connectivity index (χ0n) is 16.1. The van der Waals surface area contributed by atoms with E-state index in [1.54, 1.807) is 37.3 Å². The van der Waals surface area contributed by atoms with Crippen LogP contribution in [0.5, 0.6) is 5.75 Å². The molecule has 1 amide bonds. The molecule has 0 aliphatic rings. The predicted octanol–water partition coefficient (Wildman–Crippen LogP) is 5.66. The first-order valence-corrected chi connectivity index (χ1v) is 10.7. The summed E-state index contributed by atoms with van der Waals surface area (Å²) in [7, 11) is 0. The molecular weight excluding hydrogens is 540 g/mol. The van der Waals surface area contributed by atoms with Crippen molar-refractivity contribution in [3.05, 3.63) is 61.0 Å². The molecule has 0 bridgehead atoms. The second-order valence-corrected chi connectivity index (χ2v) is 8.14. The minimum absolute atomic E-state index is 0.0895. The first-order chi connectivity index (χ1) is 14.2. The van der Waals surface area contributed by atoms with Gasteiger partial charge in [0.1, 0.15) is 17.4 Å². The van der Waals surface area contributed by atoms with Crippen LogP contribution in [-0.2, 0) is 14.3 Å². The molecule has 0 fully saturated rings. The highest BCUT2D eigenvalue weighted by atomic mass is 79.9. The lowest BCUT2D eigenvalue weighted by atomic mass is 10.1. The lowest BCUT2D eigenvalue weighted by Crippen LogP contribution is -2.15. The molecule has 2 rings (SSSR count). The van der Waals surface area contributed by atoms with Gasteiger partial charge in [-0.25, -0.2) is 4.79 Å². The number of amides is 1. The highest BCUT2D eigenvalue weighted by molar-refractivity contribution is 9.11. The van der Waals surface area contributed by atoms with E-state index in [1.165, 1.54) is 6.08 Å². The van der Waals surface area contributed by atoms with E-state index in [9.17, 15) is 14.9 Å². The van der Waals surface area contributed by atoms with Crippen molar-refractivity contribution in [2.45, 2.75) is 13.8 Å². The summed E-state index contributed by atoms with van der Waals surface area (Å²) in [6.07, 6.45) is 1.44. The standard InChI is InChI=1S/C21H17Br2ClN2O4/c1-3-29-19(27)11-30-20-16(22)7-13(8-17(20)23)6-14(10-25)21(28)26-18-9-15(24)5-4-12(18)2/h4-9H,3,11H2,1-2H3,(H,26,28)/b14-6+. The van der Waals surface area contributed by atoms with Gasteiger partial charge in [-0.3, -0.25) is 4.79 Å². The van der Waals surface area contributed by atoms with Gasteiger partial charge in [-0.1, -0.05) is 17.7 Å². The van der Waals surface area contributed by atoms with Gasteiger partial charge in [0.15, 0.2) is 6.61 Å². The van der Waals surface area contributed by atoms with Gasteiger partial charge in [0.25, 0.3) is 5.91 Å². The second-order valence-electron chi connectivity index (χ2n) is 5.99. The van der Waals surface area contributed by atoms with Crippen LogP contribution in [-0.4, -0.2) is 25.1 Å². The quantitative estimate of drug-likeness (QED) is 0.270. The Bertz CT molecular complexity index is 1020. The van der Waals surface area contributed by atoms with Crippen molar-refractivity contribution in [1.82, 2.24) is 0 Å².